The molecule has 1 aromatic heterocycles. The standard InChI is InChI=1S/C22H26N2O3S/c1-22(2,3)13-9-10-14-15(12-23)21(28-18(14)11-13)24-20(25)19-16(26-4)7-6-8-17(19)27-5/h6-8,13H,9-11H2,1-5H3,(H,24,25)/t13-/m1/s1. The van der Waals surface area contributed by atoms with Crippen LogP contribution < -0.4 is 14.8 Å². The summed E-state index contributed by atoms with van der Waals surface area (Å²) in [5, 5.41) is 13.3. The van der Waals surface area contributed by atoms with E-state index < -0.39 is 0 Å². The topological polar surface area (TPSA) is 71.3 Å². The first-order chi connectivity index (χ1) is 13.3. The summed E-state index contributed by atoms with van der Waals surface area (Å²) in [5.74, 6) is 1.11. The van der Waals surface area contributed by atoms with Gasteiger partial charge in [0.05, 0.1) is 19.8 Å². The summed E-state index contributed by atoms with van der Waals surface area (Å²) in [7, 11) is 3.03. The molecule has 0 aliphatic heterocycles. The molecule has 6 heteroatoms. The van der Waals surface area contributed by atoms with E-state index in [1.54, 1.807) is 18.2 Å². The van der Waals surface area contributed by atoms with Gasteiger partial charge in [-0.3, -0.25) is 4.79 Å². The molecule has 0 saturated heterocycles. The Morgan fingerprint density at radius 1 is 1.25 bits per heavy atom. The molecule has 2 aromatic rings. The van der Waals surface area contributed by atoms with Crippen LogP contribution in [0.25, 0.3) is 0 Å². The summed E-state index contributed by atoms with van der Waals surface area (Å²) in [5.41, 5.74) is 2.24. The molecule has 0 fully saturated rings. The number of hydrogen-bond acceptors (Lipinski definition) is 5. The number of ether oxygens (including phenoxy) is 2. The van der Waals surface area contributed by atoms with Gasteiger partial charge in [-0.15, -0.1) is 11.3 Å². The Labute approximate surface area is 170 Å². The molecule has 1 N–H and O–H groups in total. The molecule has 0 radical (unpaired) electrons. The Balaban J connectivity index is 1.94. The Kier molecular flexibility index (Phi) is 5.66. The zero-order valence-electron chi connectivity index (χ0n) is 17.0. The van der Waals surface area contributed by atoms with Gasteiger partial charge in [-0.1, -0.05) is 26.8 Å². The van der Waals surface area contributed by atoms with E-state index >= 15 is 0 Å². The number of nitriles is 1. The van der Waals surface area contributed by atoms with Crippen LogP contribution >= 0.6 is 11.3 Å². The summed E-state index contributed by atoms with van der Waals surface area (Å²) < 4.78 is 10.7. The summed E-state index contributed by atoms with van der Waals surface area (Å²) in [6.45, 7) is 6.79. The molecule has 1 amide bonds. The summed E-state index contributed by atoms with van der Waals surface area (Å²) >= 11 is 1.52. The maximum atomic E-state index is 13.0. The molecule has 0 spiro atoms. The van der Waals surface area contributed by atoms with E-state index in [9.17, 15) is 10.1 Å². The zero-order chi connectivity index (χ0) is 20.5. The Bertz CT molecular complexity index is 912. The van der Waals surface area contributed by atoms with Gasteiger partial charge in [0.2, 0.25) is 0 Å². The third kappa shape index (κ3) is 3.72. The number of carbonyl (C=O) groups is 1. The molecule has 1 heterocycles. The molecule has 1 aromatic carbocycles. The molecular formula is C22H26N2O3S. The van der Waals surface area contributed by atoms with Gasteiger partial charge in [-0.05, 0) is 48.3 Å². The van der Waals surface area contributed by atoms with Gasteiger partial charge >= 0.3 is 0 Å². The van der Waals surface area contributed by atoms with Crippen molar-refractivity contribution in [2.24, 2.45) is 11.3 Å². The Morgan fingerprint density at radius 2 is 1.89 bits per heavy atom. The van der Waals surface area contributed by atoms with Crippen LogP contribution in [0, 0.1) is 22.7 Å². The van der Waals surface area contributed by atoms with Gasteiger partial charge in [-0.2, -0.15) is 5.26 Å². The van der Waals surface area contributed by atoms with Crippen molar-refractivity contribution in [3.8, 4) is 17.6 Å². The first kappa shape index (κ1) is 20.2. The largest absolute Gasteiger partial charge is 0.496 e. The van der Waals surface area contributed by atoms with Gasteiger partial charge in [0.15, 0.2) is 0 Å². The number of rotatable bonds is 4. The van der Waals surface area contributed by atoms with Crippen LogP contribution in [0.4, 0.5) is 5.00 Å². The number of thiophene rings is 1. The number of fused-ring (bicyclic) bond motifs is 1. The lowest BCUT2D eigenvalue weighted by Crippen LogP contribution is -2.26. The number of nitrogens with zero attached hydrogens (tertiary/aromatic N) is 1. The monoisotopic (exact) mass is 398 g/mol. The van der Waals surface area contributed by atoms with Crippen LogP contribution in [-0.2, 0) is 12.8 Å². The van der Waals surface area contributed by atoms with Crippen LogP contribution in [0.1, 0.15) is 53.6 Å². The molecule has 28 heavy (non-hydrogen) atoms. The predicted octanol–water partition coefficient (Wildman–Crippen LogP) is 5.04. The van der Waals surface area contributed by atoms with Gasteiger partial charge in [0.25, 0.3) is 5.91 Å². The van der Waals surface area contributed by atoms with Crippen LogP contribution in [-0.4, -0.2) is 20.1 Å². The van der Waals surface area contributed by atoms with Gasteiger partial charge in [-0.25, -0.2) is 0 Å². The minimum atomic E-state index is -0.336. The fourth-order valence-corrected chi connectivity index (χ4v) is 5.04. The molecule has 0 bridgehead atoms. The highest BCUT2D eigenvalue weighted by Crippen LogP contribution is 2.44. The first-order valence-corrected chi connectivity index (χ1v) is 10.2. The quantitative estimate of drug-likeness (QED) is 0.783. The van der Waals surface area contributed by atoms with Crippen molar-refractivity contribution in [3.05, 3.63) is 39.8 Å². The number of hydrogen-bond donors (Lipinski definition) is 1. The van der Waals surface area contributed by atoms with Crippen LogP contribution in [0.2, 0.25) is 0 Å². The molecule has 0 saturated carbocycles. The molecule has 0 unspecified atom stereocenters. The van der Waals surface area contributed by atoms with E-state index in [-0.39, 0.29) is 11.3 Å². The van der Waals surface area contributed by atoms with Crippen LogP contribution in [0.5, 0.6) is 11.5 Å². The van der Waals surface area contributed by atoms with Gasteiger partial charge < -0.3 is 14.8 Å². The van der Waals surface area contributed by atoms with E-state index in [0.717, 1.165) is 24.8 Å². The fraction of sp³-hybridized carbons (Fsp3) is 0.455. The molecule has 3 rings (SSSR count). The summed E-state index contributed by atoms with van der Waals surface area (Å²) in [4.78, 5) is 14.2. The van der Waals surface area contributed by atoms with Crippen LogP contribution in [0.3, 0.4) is 0 Å². The molecule has 1 atom stereocenters. The number of carbonyl (C=O) groups excluding carboxylic acids is 1. The maximum Gasteiger partial charge on any atom is 0.263 e. The molecule has 148 valence electrons. The number of nitrogens with one attached hydrogen (secondary N) is 1. The number of amides is 1. The third-order valence-electron chi connectivity index (χ3n) is 5.48. The SMILES string of the molecule is COc1cccc(OC)c1C(=O)Nc1sc2c(c1C#N)CC[C@@H](C(C)(C)C)C2. The van der Waals surface area contributed by atoms with Crippen molar-refractivity contribution in [1.29, 1.82) is 5.26 Å². The minimum absolute atomic E-state index is 0.225. The normalized spacial score (nSPS) is 16.1. The number of benzene rings is 1. The highest BCUT2D eigenvalue weighted by atomic mass is 32.1. The van der Waals surface area contributed by atoms with Crippen LogP contribution in [0.15, 0.2) is 18.2 Å². The number of methoxy groups -OCH3 is 2. The molecule has 5 nitrogen and oxygen atoms in total. The van der Waals surface area contributed by atoms with Crippen molar-refractivity contribution in [2.45, 2.75) is 40.0 Å². The van der Waals surface area contributed by atoms with Gasteiger partial charge in [0.1, 0.15) is 28.1 Å². The lowest BCUT2D eigenvalue weighted by atomic mass is 9.72. The van der Waals surface area contributed by atoms with E-state index in [4.69, 9.17) is 9.47 Å². The van der Waals surface area contributed by atoms with E-state index in [1.807, 2.05) is 0 Å². The second kappa shape index (κ2) is 7.84. The van der Waals surface area contributed by atoms with Gasteiger partial charge in [0, 0.05) is 4.88 Å². The Hall–Kier alpha value is -2.52. The van der Waals surface area contributed by atoms with Crippen molar-refractivity contribution >= 4 is 22.2 Å². The lowest BCUT2D eigenvalue weighted by molar-refractivity contribution is 0.102. The lowest BCUT2D eigenvalue weighted by Gasteiger charge is -2.33. The minimum Gasteiger partial charge on any atom is -0.496 e. The second-order valence-electron chi connectivity index (χ2n) is 8.12. The highest BCUT2D eigenvalue weighted by Gasteiger charge is 2.32. The zero-order valence-corrected chi connectivity index (χ0v) is 17.8. The highest BCUT2D eigenvalue weighted by molar-refractivity contribution is 7.16. The average molecular weight is 399 g/mol. The molecule has 1 aliphatic carbocycles. The second-order valence-corrected chi connectivity index (χ2v) is 9.22. The summed E-state index contributed by atoms with van der Waals surface area (Å²) in [6.07, 6.45) is 2.90. The van der Waals surface area contributed by atoms with E-state index in [2.05, 4.69) is 32.2 Å². The van der Waals surface area contributed by atoms with E-state index in [0.29, 0.717) is 33.5 Å². The predicted molar refractivity (Wildman–Crippen MR) is 112 cm³/mol. The average Bonchev–Trinajstić information content (AvgIpc) is 3.02. The summed E-state index contributed by atoms with van der Waals surface area (Å²) in [6, 6.07) is 7.51. The van der Waals surface area contributed by atoms with Crippen molar-refractivity contribution < 1.29 is 14.3 Å². The van der Waals surface area contributed by atoms with Crippen molar-refractivity contribution in [3.63, 3.8) is 0 Å². The Morgan fingerprint density at radius 3 is 2.43 bits per heavy atom. The maximum absolute atomic E-state index is 13.0. The number of anilines is 1. The van der Waals surface area contributed by atoms with E-state index in [1.165, 1.54) is 30.4 Å². The molecular weight excluding hydrogens is 372 g/mol. The smallest absolute Gasteiger partial charge is 0.263 e. The first-order valence-electron chi connectivity index (χ1n) is 9.37. The molecule has 1 aliphatic rings. The van der Waals surface area contributed by atoms with Crippen molar-refractivity contribution in [1.82, 2.24) is 0 Å². The third-order valence-corrected chi connectivity index (χ3v) is 6.65. The van der Waals surface area contributed by atoms with Crippen molar-refractivity contribution in [2.75, 3.05) is 19.5 Å². The fourth-order valence-electron chi connectivity index (χ4n) is 3.77.